The Kier molecular flexibility index (Phi) is 8.35. The summed E-state index contributed by atoms with van der Waals surface area (Å²) in [5.74, 6) is -1.71. The van der Waals surface area contributed by atoms with Crippen LogP contribution in [0.4, 0.5) is 23.4 Å². The molecule has 10 nitrogen and oxygen atoms in total. The van der Waals surface area contributed by atoms with Crippen molar-refractivity contribution < 1.29 is 32.3 Å². The van der Waals surface area contributed by atoms with E-state index in [4.69, 9.17) is 0 Å². The van der Waals surface area contributed by atoms with Gasteiger partial charge >= 0.3 is 6.18 Å². The van der Waals surface area contributed by atoms with Crippen LogP contribution in [0.25, 0.3) is 11.1 Å². The Morgan fingerprint density at radius 1 is 1.17 bits per heavy atom. The molecule has 2 aliphatic rings. The van der Waals surface area contributed by atoms with Gasteiger partial charge in [-0.15, -0.1) is 0 Å². The maximum absolute atomic E-state index is 15.2. The molecule has 2 amide bonds. The lowest BCUT2D eigenvalue weighted by Crippen LogP contribution is -2.50. The van der Waals surface area contributed by atoms with Gasteiger partial charge < -0.3 is 15.7 Å². The first-order chi connectivity index (χ1) is 20.0. The first-order valence-corrected chi connectivity index (χ1v) is 14.1. The van der Waals surface area contributed by atoms with Crippen molar-refractivity contribution in [2.24, 2.45) is 17.8 Å². The molecule has 3 aromatic heterocycles. The van der Waals surface area contributed by atoms with Crippen molar-refractivity contribution in [1.29, 1.82) is 0 Å². The number of halogens is 4. The molecule has 5 rings (SSSR count). The average molecular weight is 592 g/mol. The zero-order chi connectivity index (χ0) is 30.2. The van der Waals surface area contributed by atoms with Crippen molar-refractivity contribution in [3.05, 3.63) is 47.4 Å². The number of carbonyl (C=O) groups excluding carboxylic acids is 2. The van der Waals surface area contributed by atoms with E-state index < -0.39 is 42.5 Å². The minimum atomic E-state index is -4.79. The summed E-state index contributed by atoms with van der Waals surface area (Å²) in [5.41, 5.74) is 2.21. The number of aromatic nitrogens is 5. The van der Waals surface area contributed by atoms with Crippen molar-refractivity contribution in [2.45, 2.75) is 77.2 Å². The summed E-state index contributed by atoms with van der Waals surface area (Å²) in [5, 5.41) is 25.8. The quantitative estimate of drug-likeness (QED) is 0.184. The topological polar surface area (TPSA) is 138 Å². The van der Waals surface area contributed by atoms with Crippen molar-refractivity contribution >= 4 is 17.6 Å². The highest BCUT2D eigenvalue weighted by Gasteiger charge is 2.48. The minimum absolute atomic E-state index is 0.0174. The van der Waals surface area contributed by atoms with Crippen LogP contribution in [-0.2, 0) is 17.8 Å². The van der Waals surface area contributed by atoms with Gasteiger partial charge in [-0.05, 0) is 75.0 Å². The van der Waals surface area contributed by atoms with E-state index >= 15 is 4.39 Å². The van der Waals surface area contributed by atoms with Crippen LogP contribution in [0.3, 0.4) is 0 Å². The monoisotopic (exact) mass is 591 g/mol. The number of anilines is 1. The van der Waals surface area contributed by atoms with Gasteiger partial charge in [0.05, 0.1) is 5.69 Å². The molecule has 226 valence electrons. The summed E-state index contributed by atoms with van der Waals surface area (Å²) in [6.07, 6.45) is -2.52. The third kappa shape index (κ3) is 6.48. The second kappa shape index (κ2) is 11.8. The predicted octanol–water partition coefficient (Wildman–Crippen LogP) is 4.16. The number of nitrogens with one attached hydrogen (secondary N) is 3. The summed E-state index contributed by atoms with van der Waals surface area (Å²) in [4.78, 5) is 30.9. The Balaban J connectivity index is 1.34. The van der Waals surface area contributed by atoms with Gasteiger partial charge in [0.1, 0.15) is 17.6 Å². The first kappa shape index (κ1) is 29.7. The minimum Gasteiger partial charge on any atom is -0.384 e. The lowest BCUT2D eigenvalue weighted by atomic mass is 9.88. The van der Waals surface area contributed by atoms with E-state index in [1.807, 2.05) is 6.92 Å². The molecular formula is C28H33F4N7O3. The van der Waals surface area contributed by atoms with Gasteiger partial charge in [-0.2, -0.15) is 27.8 Å². The molecule has 2 aliphatic carbocycles. The molecular weight excluding hydrogens is 558 g/mol. The molecule has 0 aliphatic heterocycles. The summed E-state index contributed by atoms with van der Waals surface area (Å²) in [6, 6.07) is 3.38. The third-order valence-corrected chi connectivity index (χ3v) is 7.95. The van der Waals surface area contributed by atoms with Crippen LogP contribution in [-0.4, -0.2) is 60.2 Å². The van der Waals surface area contributed by atoms with Crippen molar-refractivity contribution in [3.63, 3.8) is 0 Å². The van der Waals surface area contributed by atoms with Crippen LogP contribution >= 0.6 is 0 Å². The molecule has 2 fully saturated rings. The number of H-pyrrole nitrogens is 1. The fraction of sp³-hybridized carbons (Fsp3) is 0.536. The number of alkyl halides is 3. The molecule has 0 bridgehead atoms. The molecule has 0 saturated heterocycles. The standard InChI is InChI=1S/C28H33F4N7O3/c1-3-18-22(14(2)37-38-18)17-8-9-21(34-25(17)29)35-27(42)24(23(15-4-5-15)16-6-7-16)36-26(41)19-10-12-33-39(19)13-11-20(40)28(30,31)32/h8-10,12,15-16,20,23-24,40H,3-7,11,13H2,1-2H3,(H,36,41)(H,37,38)(H,34,35,42). The number of amides is 2. The van der Waals surface area contributed by atoms with Gasteiger partial charge in [0, 0.05) is 36.0 Å². The highest BCUT2D eigenvalue weighted by atomic mass is 19.4. The largest absolute Gasteiger partial charge is 0.414 e. The lowest BCUT2D eigenvalue weighted by Gasteiger charge is -2.27. The van der Waals surface area contributed by atoms with Gasteiger partial charge in [0.25, 0.3) is 5.91 Å². The number of aryl methyl sites for hydroxylation is 3. The summed E-state index contributed by atoms with van der Waals surface area (Å²) in [7, 11) is 0. The van der Waals surface area contributed by atoms with Gasteiger partial charge in [-0.1, -0.05) is 6.92 Å². The van der Waals surface area contributed by atoms with Crippen molar-refractivity contribution in [2.75, 3.05) is 5.32 Å². The molecule has 42 heavy (non-hydrogen) atoms. The summed E-state index contributed by atoms with van der Waals surface area (Å²) in [6.45, 7) is 3.33. The zero-order valence-corrected chi connectivity index (χ0v) is 23.2. The van der Waals surface area contributed by atoms with E-state index in [-0.39, 0.29) is 41.4 Å². The highest BCUT2D eigenvalue weighted by Crippen LogP contribution is 2.51. The molecule has 2 unspecified atom stereocenters. The lowest BCUT2D eigenvalue weighted by molar-refractivity contribution is -0.206. The molecule has 3 heterocycles. The van der Waals surface area contributed by atoms with E-state index in [9.17, 15) is 27.9 Å². The number of rotatable bonds is 12. The Bertz CT molecular complexity index is 1430. The van der Waals surface area contributed by atoms with Crippen LogP contribution in [0, 0.1) is 30.6 Å². The number of hydrogen-bond donors (Lipinski definition) is 4. The van der Waals surface area contributed by atoms with Crippen molar-refractivity contribution in [1.82, 2.24) is 30.3 Å². The van der Waals surface area contributed by atoms with Gasteiger partial charge in [0.2, 0.25) is 11.9 Å². The third-order valence-electron chi connectivity index (χ3n) is 7.95. The SMILES string of the molecule is CCc1n[nH]c(C)c1-c1ccc(NC(=O)C(NC(=O)c2ccnn2CCC(O)C(F)(F)F)C(C2CC2)C2CC2)nc1F. The molecule has 0 aromatic carbocycles. The molecule has 2 atom stereocenters. The Morgan fingerprint density at radius 2 is 1.86 bits per heavy atom. The molecule has 0 radical (unpaired) electrons. The number of aliphatic hydroxyl groups excluding tert-OH is 1. The number of pyridine rings is 1. The second-order valence-electron chi connectivity index (χ2n) is 11.0. The van der Waals surface area contributed by atoms with E-state index in [0.717, 1.165) is 30.4 Å². The predicted molar refractivity (Wildman–Crippen MR) is 144 cm³/mol. The van der Waals surface area contributed by atoms with E-state index in [1.54, 1.807) is 6.92 Å². The fourth-order valence-electron chi connectivity index (χ4n) is 5.54. The van der Waals surface area contributed by atoms with Crippen LogP contribution in [0.2, 0.25) is 0 Å². The van der Waals surface area contributed by atoms with Gasteiger partial charge in [0.15, 0.2) is 6.10 Å². The Hall–Kier alpha value is -3.81. The smallest absolute Gasteiger partial charge is 0.384 e. The van der Waals surface area contributed by atoms with Crippen LogP contribution in [0.1, 0.15) is 60.9 Å². The van der Waals surface area contributed by atoms with Crippen LogP contribution in [0.15, 0.2) is 24.4 Å². The van der Waals surface area contributed by atoms with E-state index in [0.29, 0.717) is 23.4 Å². The van der Waals surface area contributed by atoms with Gasteiger partial charge in [-0.3, -0.25) is 19.4 Å². The van der Waals surface area contributed by atoms with Crippen molar-refractivity contribution in [3.8, 4) is 11.1 Å². The summed E-state index contributed by atoms with van der Waals surface area (Å²) < 4.78 is 54.5. The maximum atomic E-state index is 15.2. The van der Waals surface area contributed by atoms with Crippen LogP contribution in [0.5, 0.6) is 0 Å². The number of nitrogens with zero attached hydrogens (tertiary/aromatic N) is 4. The van der Waals surface area contributed by atoms with E-state index in [2.05, 4.69) is 30.9 Å². The molecule has 0 spiro atoms. The molecule has 3 aromatic rings. The normalized spacial score (nSPS) is 16.9. The number of carbonyl (C=O) groups is 2. The van der Waals surface area contributed by atoms with E-state index in [1.165, 1.54) is 24.4 Å². The number of aromatic amines is 1. The van der Waals surface area contributed by atoms with Crippen LogP contribution < -0.4 is 10.6 Å². The highest BCUT2D eigenvalue weighted by molar-refractivity contribution is 6.00. The molecule has 4 N–H and O–H groups in total. The summed E-state index contributed by atoms with van der Waals surface area (Å²) >= 11 is 0. The molecule has 2 saturated carbocycles. The zero-order valence-electron chi connectivity index (χ0n) is 23.2. The number of hydrogen-bond acceptors (Lipinski definition) is 6. The Morgan fingerprint density at radius 3 is 2.45 bits per heavy atom. The Labute approximate surface area is 239 Å². The first-order valence-electron chi connectivity index (χ1n) is 14.1. The second-order valence-corrected chi connectivity index (χ2v) is 11.0. The van der Waals surface area contributed by atoms with Gasteiger partial charge in [-0.25, -0.2) is 4.98 Å². The average Bonchev–Trinajstić information content (AvgIpc) is 3.87. The number of aliphatic hydroxyl groups is 1. The fourth-order valence-corrected chi connectivity index (χ4v) is 5.54. The maximum Gasteiger partial charge on any atom is 0.414 e. The molecule has 14 heteroatoms.